The first-order valence-corrected chi connectivity index (χ1v) is 6.64. The topological polar surface area (TPSA) is 52.6 Å². The molecule has 0 aromatic rings. The lowest BCUT2D eigenvalue weighted by atomic mass is 10.2. The zero-order valence-corrected chi connectivity index (χ0v) is 13.9. The summed E-state index contributed by atoms with van der Waals surface area (Å²) in [5.74, 6) is -19.6. The summed E-state index contributed by atoms with van der Waals surface area (Å²) in [5, 5.41) is -22.8. The van der Waals surface area contributed by atoms with E-state index >= 15 is 0 Å². The van der Waals surface area contributed by atoms with Crippen LogP contribution in [-0.2, 0) is 19.4 Å². The summed E-state index contributed by atoms with van der Waals surface area (Å²) in [5.41, 5.74) is 0. The standard InChI is InChI=1S/C8Cl4F10O4/c9-5(17,7(11,19)20)3(13,14)1(23)25-26-2(24)4(15,16)6(10,18)8(12,21)22. The smallest absolute Gasteiger partial charge is 0.240 e. The molecule has 4 nitrogen and oxygen atoms in total. The highest BCUT2D eigenvalue weighted by Crippen LogP contribution is 2.51. The molecule has 0 fully saturated rings. The molecular formula is C8Cl4F10O4. The highest BCUT2D eigenvalue weighted by Gasteiger charge is 2.76. The van der Waals surface area contributed by atoms with Crippen molar-refractivity contribution >= 4 is 58.3 Å². The molecule has 0 saturated carbocycles. The van der Waals surface area contributed by atoms with E-state index in [1.165, 1.54) is 0 Å². The van der Waals surface area contributed by atoms with Crippen molar-refractivity contribution < 1.29 is 63.3 Å². The van der Waals surface area contributed by atoms with Gasteiger partial charge >= 0.3 is 44.8 Å². The maximum absolute atomic E-state index is 13.1. The van der Waals surface area contributed by atoms with Crippen molar-refractivity contribution in [3.63, 3.8) is 0 Å². The van der Waals surface area contributed by atoms with E-state index in [0.717, 1.165) is 0 Å². The van der Waals surface area contributed by atoms with Crippen molar-refractivity contribution in [3.8, 4) is 0 Å². The van der Waals surface area contributed by atoms with E-state index in [-0.39, 0.29) is 0 Å². The molecule has 0 aliphatic heterocycles. The van der Waals surface area contributed by atoms with Gasteiger partial charge in [-0.15, -0.1) is 0 Å². The van der Waals surface area contributed by atoms with Gasteiger partial charge in [-0.05, 0) is 23.2 Å². The van der Waals surface area contributed by atoms with Crippen LogP contribution in [0.15, 0.2) is 0 Å². The minimum absolute atomic E-state index is 2.60. The van der Waals surface area contributed by atoms with Gasteiger partial charge in [-0.2, -0.15) is 35.1 Å². The Balaban J connectivity index is 5.38. The summed E-state index contributed by atoms with van der Waals surface area (Å²) < 4.78 is 128. The molecule has 0 amide bonds. The van der Waals surface area contributed by atoms with Gasteiger partial charge in [-0.3, -0.25) is 0 Å². The van der Waals surface area contributed by atoms with E-state index in [1.807, 2.05) is 0 Å². The third-order valence-corrected chi connectivity index (χ3v) is 3.87. The van der Waals surface area contributed by atoms with Crippen LogP contribution in [0, 0.1) is 0 Å². The number of rotatable bonds is 6. The normalized spacial score (nSPS) is 18.5. The molecule has 0 aromatic heterocycles. The van der Waals surface area contributed by atoms with Crippen LogP contribution < -0.4 is 0 Å². The molecular weight excluding hydrogens is 492 g/mol. The first-order chi connectivity index (χ1) is 11.0. The highest BCUT2D eigenvalue weighted by atomic mass is 35.5. The molecule has 0 bridgehead atoms. The van der Waals surface area contributed by atoms with E-state index in [2.05, 4.69) is 56.2 Å². The summed E-state index contributed by atoms with van der Waals surface area (Å²) in [6, 6.07) is 0. The zero-order valence-electron chi connectivity index (χ0n) is 10.9. The third-order valence-electron chi connectivity index (χ3n) is 2.21. The number of carbonyl (C=O) groups is 2. The molecule has 0 aliphatic rings. The SMILES string of the molecule is O=C(OOC(=O)C(F)(F)C(F)(Cl)C(F)(F)Cl)C(F)(F)C(F)(Cl)C(F)(F)Cl. The molecule has 154 valence electrons. The monoisotopic (exact) mass is 490 g/mol. The van der Waals surface area contributed by atoms with E-state index in [4.69, 9.17) is 0 Å². The predicted molar refractivity (Wildman–Crippen MR) is 63.1 cm³/mol. The van der Waals surface area contributed by atoms with Crippen molar-refractivity contribution in [2.75, 3.05) is 0 Å². The summed E-state index contributed by atoms with van der Waals surface area (Å²) in [6.07, 6.45) is 0. The molecule has 0 radical (unpaired) electrons. The minimum Gasteiger partial charge on any atom is -0.240 e. The van der Waals surface area contributed by atoms with Crippen LogP contribution in [0.4, 0.5) is 43.9 Å². The van der Waals surface area contributed by atoms with E-state index in [9.17, 15) is 53.5 Å². The second-order valence-electron chi connectivity index (χ2n) is 4.03. The second-order valence-corrected chi connectivity index (χ2v) is 6.03. The number of hydrogen-bond donors (Lipinski definition) is 0. The fourth-order valence-electron chi connectivity index (χ4n) is 0.793. The van der Waals surface area contributed by atoms with Crippen molar-refractivity contribution in [3.05, 3.63) is 0 Å². The Kier molecular flexibility index (Phi) is 6.93. The summed E-state index contributed by atoms with van der Waals surface area (Å²) >= 11 is 15.9. The van der Waals surface area contributed by atoms with Gasteiger partial charge in [0.25, 0.3) is 0 Å². The lowest BCUT2D eigenvalue weighted by Crippen LogP contribution is -2.57. The Morgan fingerprint density at radius 1 is 0.538 bits per heavy atom. The number of carbonyl (C=O) groups excluding carboxylic acids is 2. The third kappa shape index (κ3) is 4.28. The lowest BCUT2D eigenvalue weighted by molar-refractivity contribution is -0.301. The number of alkyl halides is 14. The average Bonchev–Trinajstić information content (AvgIpc) is 2.40. The second kappa shape index (κ2) is 7.09. The van der Waals surface area contributed by atoms with Crippen LogP contribution >= 0.6 is 46.4 Å². The minimum atomic E-state index is -6.15. The van der Waals surface area contributed by atoms with E-state index in [1.54, 1.807) is 0 Å². The Labute approximate surface area is 155 Å². The average molecular weight is 492 g/mol. The fraction of sp³-hybridized carbons (Fsp3) is 0.750. The highest BCUT2D eigenvalue weighted by molar-refractivity contribution is 6.34. The van der Waals surface area contributed by atoms with Gasteiger partial charge in [0, 0.05) is 0 Å². The maximum atomic E-state index is 13.1. The van der Waals surface area contributed by atoms with Crippen molar-refractivity contribution in [2.45, 2.75) is 32.9 Å². The number of halogens is 14. The fourth-order valence-corrected chi connectivity index (χ4v) is 1.18. The quantitative estimate of drug-likeness (QED) is 0.233. The van der Waals surface area contributed by atoms with E-state index < -0.39 is 44.8 Å². The lowest BCUT2D eigenvalue weighted by Gasteiger charge is -2.29. The van der Waals surface area contributed by atoms with Crippen molar-refractivity contribution in [1.82, 2.24) is 0 Å². The molecule has 0 N–H and O–H groups in total. The van der Waals surface area contributed by atoms with Gasteiger partial charge in [0.05, 0.1) is 0 Å². The Hall–Kier alpha value is -0.600. The predicted octanol–water partition coefficient (Wildman–Crippen LogP) is 4.73. The van der Waals surface area contributed by atoms with Gasteiger partial charge in [-0.25, -0.2) is 28.1 Å². The molecule has 2 atom stereocenters. The van der Waals surface area contributed by atoms with Crippen molar-refractivity contribution in [2.24, 2.45) is 0 Å². The Morgan fingerprint density at radius 2 is 0.731 bits per heavy atom. The maximum Gasteiger partial charge on any atom is 0.429 e. The molecule has 0 aliphatic carbocycles. The van der Waals surface area contributed by atoms with E-state index in [0.29, 0.717) is 0 Å². The van der Waals surface area contributed by atoms with Crippen molar-refractivity contribution in [1.29, 1.82) is 0 Å². The van der Waals surface area contributed by atoms with Gasteiger partial charge in [-0.1, -0.05) is 23.2 Å². The van der Waals surface area contributed by atoms with Gasteiger partial charge in [0.1, 0.15) is 0 Å². The zero-order chi connectivity index (χ0) is 21.6. The van der Waals surface area contributed by atoms with Gasteiger partial charge in [0.2, 0.25) is 0 Å². The first-order valence-electron chi connectivity index (χ1n) is 5.13. The summed E-state index contributed by atoms with van der Waals surface area (Å²) in [6.45, 7) is 0. The molecule has 0 saturated heterocycles. The van der Waals surface area contributed by atoms with Crippen LogP contribution in [0.25, 0.3) is 0 Å². The summed E-state index contributed by atoms with van der Waals surface area (Å²) in [4.78, 5) is 26.6. The molecule has 2 unspecified atom stereocenters. The van der Waals surface area contributed by atoms with Crippen LogP contribution in [0.2, 0.25) is 0 Å². The first kappa shape index (κ1) is 25.4. The van der Waals surface area contributed by atoms with Crippen LogP contribution in [0.1, 0.15) is 0 Å². The molecule has 26 heavy (non-hydrogen) atoms. The molecule has 0 aromatic carbocycles. The molecule has 18 heteroatoms. The largest absolute Gasteiger partial charge is 0.429 e. The van der Waals surface area contributed by atoms with Crippen LogP contribution in [0.5, 0.6) is 0 Å². The number of hydrogen-bond acceptors (Lipinski definition) is 4. The Morgan fingerprint density at radius 3 is 0.885 bits per heavy atom. The molecule has 0 spiro atoms. The molecule has 0 heterocycles. The van der Waals surface area contributed by atoms with Crippen LogP contribution in [-0.4, -0.2) is 44.8 Å². The van der Waals surface area contributed by atoms with Crippen LogP contribution in [0.3, 0.4) is 0 Å². The van der Waals surface area contributed by atoms with Gasteiger partial charge in [0.15, 0.2) is 0 Å². The van der Waals surface area contributed by atoms with Gasteiger partial charge < -0.3 is 0 Å². The summed E-state index contributed by atoms with van der Waals surface area (Å²) in [7, 11) is 0. The molecule has 0 rings (SSSR count). The Bertz CT molecular complexity index is 520.